The van der Waals surface area contributed by atoms with Crippen molar-refractivity contribution < 1.29 is 0 Å². The highest BCUT2D eigenvalue weighted by molar-refractivity contribution is 9.10. The van der Waals surface area contributed by atoms with Gasteiger partial charge >= 0.3 is 0 Å². The molecular formula is C15H9Br2NO. The van der Waals surface area contributed by atoms with Crippen LogP contribution in [0.3, 0.4) is 0 Å². The minimum Gasteiger partial charge on any atom is -0.322 e. The van der Waals surface area contributed by atoms with Gasteiger partial charge in [-0.1, -0.05) is 44.0 Å². The lowest BCUT2D eigenvalue weighted by Crippen LogP contribution is -2.04. The molecule has 0 bridgehead atoms. The highest BCUT2D eigenvalue weighted by Gasteiger charge is 2.06. The first-order valence-corrected chi connectivity index (χ1v) is 7.30. The van der Waals surface area contributed by atoms with E-state index < -0.39 is 0 Å². The van der Waals surface area contributed by atoms with Gasteiger partial charge in [-0.25, -0.2) is 0 Å². The van der Waals surface area contributed by atoms with E-state index >= 15 is 0 Å². The normalized spacial score (nSPS) is 10.8. The highest BCUT2D eigenvalue weighted by atomic mass is 79.9. The average Bonchev–Trinajstić information content (AvgIpc) is 2.39. The zero-order valence-electron chi connectivity index (χ0n) is 9.78. The zero-order valence-corrected chi connectivity index (χ0v) is 13.0. The third-order valence-corrected chi connectivity index (χ3v) is 3.98. The Bertz CT molecular complexity index is 806. The van der Waals surface area contributed by atoms with E-state index in [1.807, 2.05) is 42.5 Å². The fourth-order valence-corrected chi connectivity index (χ4v) is 2.72. The van der Waals surface area contributed by atoms with E-state index in [0.717, 1.165) is 31.0 Å². The van der Waals surface area contributed by atoms with Crippen LogP contribution in [0.25, 0.3) is 22.0 Å². The second-order valence-electron chi connectivity index (χ2n) is 4.24. The molecule has 2 aromatic carbocycles. The Kier molecular flexibility index (Phi) is 3.29. The molecule has 0 atom stereocenters. The van der Waals surface area contributed by atoms with Gasteiger partial charge in [-0.3, -0.25) is 4.79 Å². The zero-order chi connectivity index (χ0) is 13.4. The molecule has 3 aromatic rings. The second kappa shape index (κ2) is 4.94. The Morgan fingerprint density at radius 1 is 0.842 bits per heavy atom. The van der Waals surface area contributed by atoms with Gasteiger partial charge in [0.05, 0.1) is 0 Å². The van der Waals surface area contributed by atoms with E-state index in [-0.39, 0.29) is 5.56 Å². The Labute approximate surface area is 126 Å². The second-order valence-corrected chi connectivity index (χ2v) is 6.08. The van der Waals surface area contributed by atoms with Crippen LogP contribution in [0.5, 0.6) is 0 Å². The van der Waals surface area contributed by atoms with Crippen LogP contribution in [0.1, 0.15) is 0 Å². The number of hydrogen-bond acceptors (Lipinski definition) is 1. The summed E-state index contributed by atoms with van der Waals surface area (Å²) in [6, 6.07) is 15.4. The van der Waals surface area contributed by atoms with Gasteiger partial charge in [-0.2, -0.15) is 0 Å². The largest absolute Gasteiger partial charge is 0.322 e. The molecule has 1 N–H and O–H groups in total. The van der Waals surface area contributed by atoms with Gasteiger partial charge in [0.1, 0.15) is 0 Å². The molecule has 0 saturated carbocycles. The first-order chi connectivity index (χ1) is 9.13. The van der Waals surface area contributed by atoms with Crippen molar-refractivity contribution in [1.29, 1.82) is 0 Å². The number of aromatic amines is 1. The fraction of sp³-hybridized carbons (Fsp3) is 0. The first-order valence-electron chi connectivity index (χ1n) is 5.72. The van der Waals surface area contributed by atoms with Crippen molar-refractivity contribution in [1.82, 2.24) is 4.98 Å². The maximum absolute atomic E-state index is 11.8. The number of pyridine rings is 1. The van der Waals surface area contributed by atoms with Gasteiger partial charge in [0.25, 0.3) is 0 Å². The van der Waals surface area contributed by atoms with E-state index in [1.54, 1.807) is 6.07 Å². The van der Waals surface area contributed by atoms with Crippen molar-refractivity contribution in [2.75, 3.05) is 0 Å². The van der Waals surface area contributed by atoms with Crippen molar-refractivity contribution in [3.8, 4) is 11.1 Å². The van der Waals surface area contributed by atoms with Crippen LogP contribution in [-0.4, -0.2) is 4.98 Å². The van der Waals surface area contributed by atoms with E-state index in [4.69, 9.17) is 0 Å². The molecule has 3 rings (SSSR count). The van der Waals surface area contributed by atoms with Gasteiger partial charge < -0.3 is 4.98 Å². The number of fused-ring (bicyclic) bond motifs is 1. The van der Waals surface area contributed by atoms with Crippen molar-refractivity contribution >= 4 is 42.8 Å². The van der Waals surface area contributed by atoms with Crippen LogP contribution in [0.15, 0.2) is 62.3 Å². The Balaban J connectivity index is 2.35. The number of hydrogen-bond donors (Lipinski definition) is 1. The Morgan fingerprint density at radius 3 is 2.26 bits per heavy atom. The van der Waals surface area contributed by atoms with Gasteiger partial charge in [-0.15, -0.1) is 0 Å². The molecule has 1 heterocycles. The van der Waals surface area contributed by atoms with Crippen molar-refractivity contribution in [2.24, 2.45) is 0 Å². The summed E-state index contributed by atoms with van der Waals surface area (Å²) < 4.78 is 2.01. The molecule has 0 aliphatic heterocycles. The number of halogens is 2. The molecule has 94 valence electrons. The molecule has 0 saturated heterocycles. The quantitative estimate of drug-likeness (QED) is 0.652. The molecule has 0 unspecified atom stereocenters. The van der Waals surface area contributed by atoms with E-state index in [9.17, 15) is 4.79 Å². The molecule has 0 radical (unpaired) electrons. The van der Waals surface area contributed by atoms with Crippen LogP contribution >= 0.6 is 31.9 Å². The summed E-state index contributed by atoms with van der Waals surface area (Å²) in [6.45, 7) is 0. The molecule has 0 aliphatic rings. The van der Waals surface area contributed by atoms with E-state index in [0.29, 0.717) is 0 Å². The molecule has 1 aromatic heterocycles. The molecule has 19 heavy (non-hydrogen) atoms. The van der Waals surface area contributed by atoms with Gasteiger partial charge in [0, 0.05) is 25.9 Å². The number of nitrogens with one attached hydrogen (secondary N) is 1. The summed E-state index contributed by atoms with van der Waals surface area (Å²) in [5, 5.41) is 1.02. The maximum Gasteiger partial charge on any atom is 0.249 e. The van der Waals surface area contributed by atoms with E-state index in [1.165, 1.54) is 0 Å². The standard InChI is InChI=1S/C15H9Br2NO/c16-10-3-1-9(2-4-10)12-8-15(19)18-14-6-5-11(17)7-13(12)14/h1-8H,(H,18,19). The third kappa shape index (κ3) is 2.51. The van der Waals surface area contributed by atoms with E-state index in [2.05, 4.69) is 36.8 Å². The number of aromatic nitrogens is 1. The molecule has 2 nitrogen and oxygen atoms in total. The molecular weight excluding hydrogens is 370 g/mol. The third-order valence-electron chi connectivity index (χ3n) is 2.96. The predicted octanol–water partition coefficient (Wildman–Crippen LogP) is 4.72. The maximum atomic E-state index is 11.8. The summed E-state index contributed by atoms with van der Waals surface area (Å²) in [7, 11) is 0. The molecule has 0 amide bonds. The van der Waals surface area contributed by atoms with Crippen molar-refractivity contribution in [3.05, 3.63) is 67.8 Å². The summed E-state index contributed by atoms with van der Waals surface area (Å²) in [5.74, 6) is 0. The number of benzene rings is 2. The monoisotopic (exact) mass is 377 g/mol. The Hall–Kier alpha value is -1.39. The van der Waals surface area contributed by atoms with Gasteiger partial charge in [0.15, 0.2) is 0 Å². The smallest absolute Gasteiger partial charge is 0.249 e. The summed E-state index contributed by atoms with van der Waals surface area (Å²) >= 11 is 6.89. The van der Waals surface area contributed by atoms with Crippen molar-refractivity contribution in [3.63, 3.8) is 0 Å². The first kappa shape index (κ1) is 12.6. The molecule has 0 fully saturated rings. The minimum atomic E-state index is -0.0901. The van der Waals surface area contributed by atoms with Crippen LogP contribution < -0.4 is 5.56 Å². The highest BCUT2D eigenvalue weighted by Crippen LogP contribution is 2.29. The van der Waals surface area contributed by atoms with Crippen LogP contribution in [0.2, 0.25) is 0 Å². The van der Waals surface area contributed by atoms with Gasteiger partial charge in [-0.05, 0) is 41.5 Å². The molecule has 0 aliphatic carbocycles. The lowest BCUT2D eigenvalue weighted by Gasteiger charge is -2.07. The van der Waals surface area contributed by atoms with Crippen LogP contribution in [0.4, 0.5) is 0 Å². The van der Waals surface area contributed by atoms with Crippen LogP contribution in [-0.2, 0) is 0 Å². The average molecular weight is 379 g/mol. The summed E-state index contributed by atoms with van der Waals surface area (Å²) in [6.07, 6.45) is 0. The number of rotatable bonds is 1. The SMILES string of the molecule is O=c1cc(-c2ccc(Br)cc2)c2cc(Br)ccc2[nH]1. The predicted molar refractivity (Wildman–Crippen MR) is 85.4 cm³/mol. The van der Waals surface area contributed by atoms with Crippen LogP contribution in [0, 0.1) is 0 Å². The summed E-state index contributed by atoms with van der Waals surface area (Å²) in [5.41, 5.74) is 2.71. The summed E-state index contributed by atoms with van der Waals surface area (Å²) in [4.78, 5) is 14.6. The lowest BCUT2D eigenvalue weighted by atomic mass is 10.0. The van der Waals surface area contributed by atoms with Gasteiger partial charge in [0.2, 0.25) is 5.56 Å². The minimum absolute atomic E-state index is 0.0901. The topological polar surface area (TPSA) is 32.9 Å². The number of H-pyrrole nitrogens is 1. The Morgan fingerprint density at radius 2 is 1.53 bits per heavy atom. The molecule has 0 spiro atoms. The molecule has 4 heteroatoms. The fourth-order valence-electron chi connectivity index (χ4n) is 2.09. The van der Waals surface area contributed by atoms with Crippen molar-refractivity contribution in [2.45, 2.75) is 0 Å². The lowest BCUT2D eigenvalue weighted by molar-refractivity contribution is 1.31.